The molecule has 0 spiro atoms. The number of allylic oxidation sites excluding steroid dienone is 1. The maximum absolute atomic E-state index is 13.2. The molecule has 2 aromatic carbocycles. The lowest BCUT2D eigenvalue weighted by Crippen LogP contribution is -2.23. The minimum atomic E-state index is -0.957. The van der Waals surface area contributed by atoms with E-state index in [0.717, 1.165) is 0 Å². The summed E-state index contributed by atoms with van der Waals surface area (Å²) in [7, 11) is 0. The van der Waals surface area contributed by atoms with Crippen molar-refractivity contribution in [3.63, 3.8) is 0 Å². The number of carbonyl (C=O) groups excluding carboxylic acids is 1. The van der Waals surface area contributed by atoms with Gasteiger partial charge in [0.05, 0.1) is 22.1 Å². The SMILES string of the molecule is O=C1C2=C(Nc3[nH][nH]c(=O)c3[C@@H]2c2cc([N+](=O)[O-])ccc2O)c2ccccc21. The molecule has 9 nitrogen and oxygen atoms in total. The highest BCUT2D eigenvalue weighted by atomic mass is 16.6. The average Bonchev–Trinajstić information content (AvgIpc) is 3.20. The lowest BCUT2D eigenvalue weighted by Gasteiger charge is -2.25. The first-order valence-electron chi connectivity index (χ1n) is 8.40. The van der Waals surface area contributed by atoms with Crippen LogP contribution in [0.5, 0.6) is 5.75 Å². The summed E-state index contributed by atoms with van der Waals surface area (Å²) in [6.45, 7) is 0. The molecule has 0 bridgehead atoms. The minimum absolute atomic E-state index is 0.121. The number of H-pyrrole nitrogens is 2. The number of phenols is 1. The van der Waals surface area contributed by atoms with Crippen molar-refractivity contribution >= 4 is 23.0 Å². The Kier molecular flexibility index (Phi) is 3.11. The van der Waals surface area contributed by atoms with Crippen LogP contribution in [0.15, 0.2) is 52.8 Å². The van der Waals surface area contributed by atoms with Crippen LogP contribution in [0.25, 0.3) is 5.70 Å². The van der Waals surface area contributed by atoms with Crippen molar-refractivity contribution in [2.75, 3.05) is 5.32 Å². The number of hydrogen-bond donors (Lipinski definition) is 4. The number of aromatic amines is 2. The van der Waals surface area contributed by atoms with Crippen LogP contribution in [0, 0.1) is 10.1 Å². The summed E-state index contributed by atoms with van der Waals surface area (Å²) in [5, 5.41) is 30.0. The summed E-state index contributed by atoms with van der Waals surface area (Å²) in [5.74, 6) is -1.13. The highest BCUT2D eigenvalue weighted by Crippen LogP contribution is 2.49. The predicted octanol–water partition coefficient (Wildman–Crippen LogP) is 2.48. The van der Waals surface area contributed by atoms with Crippen molar-refractivity contribution in [1.29, 1.82) is 0 Å². The molecule has 4 N–H and O–H groups in total. The molecule has 1 aliphatic heterocycles. The number of non-ortho nitro benzene ring substituents is 1. The lowest BCUT2D eigenvalue weighted by atomic mass is 9.81. The molecule has 5 rings (SSSR count). The largest absolute Gasteiger partial charge is 0.508 e. The number of nitrogens with one attached hydrogen (secondary N) is 3. The summed E-state index contributed by atoms with van der Waals surface area (Å²) in [6, 6.07) is 10.6. The Morgan fingerprint density at radius 1 is 1.04 bits per heavy atom. The van der Waals surface area contributed by atoms with Crippen LogP contribution >= 0.6 is 0 Å². The first-order chi connectivity index (χ1) is 13.5. The van der Waals surface area contributed by atoms with Crippen LogP contribution < -0.4 is 10.9 Å². The Bertz CT molecular complexity index is 1280. The van der Waals surface area contributed by atoms with E-state index in [0.29, 0.717) is 22.6 Å². The highest BCUT2D eigenvalue weighted by Gasteiger charge is 2.43. The van der Waals surface area contributed by atoms with Gasteiger partial charge in [-0.2, -0.15) is 0 Å². The summed E-state index contributed by atoms with van der Waals surface area (Å²) in [5.41, 5.74) is 1.51. The van der Waals surface area contributed by atoms with Crippen LogP contribution in [0.2, 0.25) is 0 Å². The van der Waals surface area contributed by atoms with Gasteiger partial charge in [0, 0.05) is 34.4 Å². The van der Waals surface area contributed by atoms with Crippen molar-refractivity contribution in [2.45, 2.75) is 5.92 Å². The van der Waals surface area contributed by atoms with Crippen molar-refractivity contribution in [2.24, 2.45) is 0 Å². The van der Waals surface area contributed by atoms with Gasteiger partial charge in [0.15, 0.2) is 5.78 Å². The number of rotatable bonds is 2. The third-order valence-corrected chi connectivity index (χ3v) is 5.13. The second-order valence-corrected chi connectivity index (χ2v) is 6.59. The number of carbonyl (C=O) groups is 1. The fourth-order valence-electron chi connectivity index (χ4n) is 3.92. The van der Waals surface area contributed by atoms with E-state index in [4.69, 9.17) is 0 Å². The molecule has 28 heavy (non-hydrogen) atoms. The Labute approximate surface area is 156 Å². The first kappa shape index (κ1) is 16.1. The molecule has 0 radical (unpaired) electrons. The number of nitrogens with zero attached hydrogens (tertiary/aromatic N) is 1. The Balaban J connectivity index is 1.82. The van der Waals surface area contributed by atoms with E-state index >= 15 is 0 Å². The second-order valence-electron chi connectivity index (χ2n) is 6.59. The second kappa shape index (κ2) is 5.43. The van der Waals surface area contributed by atoms with Crippen molar-refractivity contribution in [3.05, 3.63) is 90.8 Å². The molecule has 0 saturated carbocycles. The van der Waals surface area contributed by atoms with E-state index < -0.39 is 16.4 Å². The van der Waals surface area contributed by atoms with E-state index in [2.05, 4.69) is 15.5 Å². The van der Waals surface area contributed by atoms with Gasteiger partial charge in [-0.1, -0.05) is 24.3 Å². The first-order valence-corrected chi connectivity index (χ1v) is 8.40. The Morgan fingerprint density at radius 2 is 1.79 bits per heavy atom. The standard InChI is InChI=1S/C19H12N4O5/c24-12-6-5-8(23(27)28)7-11(12)13-14-16(20-18-15(13)19(26)22-21-18)9-3-1-2-4-10(9)17(14)25/h1-7,13,24H,(H3,20,21,22,26)/t13-/m1/s1. The molecule has 1 aromatic heterocycles. The summed E-state index contributed by atoms with van der Waals surface area (Å²) in [4.78, 5) is 36.3. The maximum atomic E-state index is 13.2. The summed E-state index contributed by atoms with van der Waals surface area (Å²) >= 11 is 0. The van der Waals surface area contributed by atoms with Gasteiger partial charge in [-0.05, 0) is 6.07 Å². The number of nitro benzene ring substituents is 1. The molecule has 0 amide bonds. The molecule has 0 unspecified atom stereocenters. The normalized spacial score (nSPS) is 17.0. The van der Waals surface area contributed by atoms with Crippen LogP contribution in [0.1, 0.15) is 33.0 Å². The third kappa shape index (κ3) is 2.01. The number of benzene rings is 2. The molecule has 0 saturated heterocycles. The van der Waals surface area contributed by atoms with Gasteiger partial charge in [-0.3, -0.25) is 29.9 Å². The number of phenolic OH excluding ortho intramolecular Hbond substituents is 1. The van der Waals surface area contributed by atoms with E-state index in [1.54, 1.807) is 24.3 Å². The van der Waals surface area contributed by atoms with Gasteiger partial charge >= 0.3 is 0 Å². The molecule has 2 aliphatic rings. The number of aromatic hydroxyl groups is 1. The van der Waals surface area contributed by atoms with Gasteiger partial charge in [-0.15, -0.1) is 0 Å². The van der Waals surface area contributed by atoms with Crippen LogP contribution in [-0.2, 0) is 0 Å². The van der Waals surface area contributed by atoms with Gasteiger partial charge in [0.2, 0.25) is 0 Å². The molecule has 9 heteroatoms. The Morgan fingerprint density at radius 3 is 2.54 bits per heavy atom. The zero-order valence-electron chi connectivity index (χ0n) is 14.1. The number of ketones is 1. The number of anilines is 1. The zero-order valence-corrected chi connectivity index (χ0v) is 14.1. The third-order valence-electron chi connectivity index (χ3n) is 5.13. The Hall–Kier alpha value is -4.14. The molecular weight excluding hydrogens is 364 g/mol. The molecule has 2 heterocycles. The fourth-order valence-corrected chi connectivity index (χ4v) is 3.92. The molecular formula is C19H12N4O5. The quantitative estimate of drug-likeness (QED) is 0.400. The average molecular weight is 376 g/mol. The lowest BCUT2D eigenvalue weighted by molar-refractivity contribution is -0.384. The predicted molar refractivity (Wildman–Crippen MR) is 99.3 cm³/mol. The van der Waals surface area contributed by atoms with Crippen molar-refractivity contribution in [3.8, 4) is 5.75 Å². The van der Waals surface area contributed by atoms with E-state index in [1.807, 2.05) is 0 Å². The number of fused-ring (bicyclic) bond motifs is 3. The fraction of sp³-hybridized carbons (Fsp3) is 0.0526. The van der Waals surface area contributed by atoms with Gasteiger partial charge in [0.25, 0.3) is 11.2 Å². The van der Waals surface area contributed by atoms with Crippen LogP contribution in [0.3, 0.4) is 0 Å². The summed E-state index contributed by atoms with van der Waals surface area (Å²) < 4.78 is 0. The van der Waals surface area contributed by atoms with Gasteiger partial charge in [0.1, 0.15) is 11.6 Å². The topological polar surface area (TPSA) is 141 Å². The molecule has 1 aliphatic carbocycles. The smallest absolute Gasteiger partial charge is 0.270 e. The van der Waals surface area contributed by atoms with E-state index in [9.17, 15) is 24.8 Å². The number of Topliss-reactive ketones (excluding diaryl/α,β-unsaturated/α-hetero) is 1. The van der Waals surface area contributed by atoms with Crippen molar-refractivity contribution in [1.82, 2.24) is 10.2 Å². The zero-order chi connectivity index (χ0) is 19.6. The van der Waals surface area contributed by atoms with E-state index in [-0.39, 0.29) is 33.9 Å². The van der Waals surface area contributed by atoms with E-state index in [1.165, 1.54) is 18.2 Å². The van der Waals surface area contributed by atoms with Crippen LogP contribution in [-0.4, -0.2) is 26.0 Å². The monoisotopic (exact) mass is 376 g/mol. The summed E-state index contributed by atoms with van der Waals surface area (Å²) in [6.07, 6.45) is 0. The number of nitro groups is 1. The molecule has 3 aromatic rings. The number of aromatic nitrogens is 2. The maximum Gasteiger partial charge on any atom is 0.270 e. The highest BCUT2D eigenvalue weighted by molar-refractivity contribution is 6.23. The van der Waals surface area contributed by atoms with Gasteiger partial charge < -0.3 is 10.4 Å². The number of hydrogen-bond acceptors (Lipinski definition) is 6. The van der Waals surface area contributed by atoms with Crippen molar-refractivity contribution < 1.29 is 14.8 Å². The van der Waals surface area contributed by atoms with Gasteiger partial charge in [-0.25, -0.2) is 0 Å². The van der Waals surface area contributed by atoms with Crippen LogP contribution in [0.4, 0.5) is 11.5 Å². The minimum Gasteiger partial charge on any atom is -0.508 e. The molecule has 1 atom stereocenters. The molecule has 0 fully saturated rings. The molecule has 138 valence electrons.